The van der Waals surface area contributed by atoms with Crippen LogP contribution in [0.25, 0.3) is 10.9 Å². The molecule has 19 heavy (non-hydrogen) atoms. The molecule has 7 heteroatoms. The highest BCUT2D eigenvalue weighted by atomic mass is 16.2. The molecule has 0 radical (unpaired) electrons. The van der Waals surface area contributed by atoms with E-state index < -0.39 is 6.03 Å². The van der Waals surface area contributed by atoms with Crippen LogP contribution in [0, 0.1) is 0 Å². The predicted octanol–water partition coefficient (Wildman–Crippen LogP) is 1.68. The SMILES string of the molecule is CCCN(CC)c1n[nH]c2cc(NC(N)=O)ncc12. The van der Waals surface area contributed by atoms with E-state index in [0.717, 1.165) is 36.2 Å². The number of hydrogen-bond donors (Lipinski definition) is 3. The van der Waals surface area contributed by atoms with Crippen molar-refractivity contribution in [3.05, 3.63) is 12.3 Å². The molecular weight excluding hydrogens is 244 g/mol. The van der Waals surface area contributed by atoms with Gasteiger partial charge in [-0.15, -0.1) is 0 Å². The zero-order chi connectivity index (χ0) is 13.8. The van der Waals surface area contributed by atoms with Gasteiger partial charge in [-0.2, -0.15) is 5.10 Å². The van der Waals surface area contributed by atoms with Crippen molar-refractivity contribution in [2.24, 2.45) is 5.73 Å². The molecule has 0 fully saturated rings. The van der Waals surface area contributed by atoms with Crippen molar-refractivity contribution >= 4 is 28.6 Å². The van der Waals surface area contributed by atoms with Gasteiger partial charge in [-0.25, -0.2) is 9.78 Å². The second kappa shape index (κ2) is 5.55. The Morgan fingerprint density at radius 2 is 2.32 bits per heavy atom. The Labute approximate surface area is 111 Å². The van der Waals surface area contributed by atoms with Gasteiger partial charge < -0.3 is 10.6 Å². The average Bonchev–Trinajstić information content (AvgIpc) is 2.78. The first kappa shape index (κ1) is 13.1. The molecule has 2 heterocycles. The Morgan fingerprint density at radius 1 is 1.53 bits per heavy atom. The number of nitrogens with one attached hydrogen (secondary N) is 2. The minimum atomic E-state index is -0.632. The van der Waals surface area contributed by atoms with E-state index in [1.165, 1.54) is 0 Å². The lowest BCUT2D eigenvalue weighted by molar-refractivity contribution is 0.259. The number of carbonyl (C=O) groups is 1. The normalized spacial score (nSPS) is 10.6. The van der Waals surface area contributed by atoms with Crippen LogP contribution in [-0.2, 0) is 0 Å². The summed E-state index contributed by atoms with van der Waals surface area (Å²) in [5, 5.41) is 10.6. The fourth-order valence-electron chi connectivity index (χ4n) is 2.02. The van der Waals surface area contributed by atoms with Gasteiger partial charge in [0.25, 0.3) is 0 Å². The molecule has 0 saturated carbocycles. The third kappa shape index (κ3) is 2.75. The highest BCUT2D eigenvalue weighted by Gasteiger charge is 2.12. The maximum absolute atomic E-state index is 10.8. The van der Waals surface area contributed by atoms with Crippen molar-refractivity contribution in [2.45, 2.75) is 20.3 Å². The molecule has 2 aromatic heterocycles. The van der Waals surface area contributed by atoms with Crippen LogP contribution in [0.3, 0.4) is 0 Å². The Hall–Kier alpha value is -2.31. The molecule has 0 saturated heterocycles. The summed E-state index contributed by atoms with van der Waals surface area (Å²) in [5.41, 5.74) is 5.88. The van der Waals surface area contributed by atoms with Gasteiger partial charge in [-0.1, -0.05) is 6.92 Å². The van der Waals surface area contributed by atoms with Gasteiger partial charge in [0.05, 0.1) is 10.9 Å². The van der Waals surface area contributed by atoms with Gasteiger partial charge in [0.2, 0.25) is 0 Å². The van der Waals surface area contributed by atoms with Crippen molar-refractivity contribution < 1.29 is 4.79 Å². The number of pyridine rings is 1. The van der Waals surface area contributed by atoms with E-state index in [4.69, 9.17) is 5.73 Å². The van der Waals surface area contributed by atoms with Crippen molar-refractivity contribution in [1.82, 2.24) is 15.2 Å². The van der Waals surface area contributed by atoms with Crippen molar-refractivity contribution in [3.63, 3.8) is 0 Å². The highest BCUT2D eigenvalue weighted by molar-refractivity contribution is 5.93. The summed E-state index contributed by atoms with van der Waals surface area (Å²) < 4.78 is 0. The number of urea groups is 1. The summed E-state index contributed by atoms with van der Waals surface area (Å²) in [7, 11) is 0. The number of amides is 2. The van der Waals surface area contributed by atoms with Crippen LogP contribution in [0.4, 0.5) is 16.4 Å². The third-order valence-electron chi connectivity index (χ3n) is 2.85. The first-order valence-electron chi connectivity index (χ1n) is 6.31. The molecule has 0 unspecified atom stereocenters. The van der Waals surface area contributed by atoms with E-state index in [2.05, 4.69) is 39.2 Å². The van der Waals surface area contributed by atoms with Crippen LogP contribution in [0.1, 0.15) is 20.3 Å². The second-order valence-corrected chi connectivity index (χ2v) is 4.23. The number of primary amides is 1. The number of aromatic amines is 1. The number of H-pyrrole nitrogens is 1. The summed E-state index contributed by atoms with van der Waals surface area (Å²) in [6.07, 6.45) is 2.74. The first-order chi connectivity index (χ1) is 9.15. The smallest absolute Gasteiger partial charge is 0.317 e. The van der Waals surface area contributed by atoms with E-state index in [1.807, 2.05) is 0 Å². The van der Waals surface area contributed by atoms with E-state index in [1.54, 1.807) is 12.3 Å². The standard InChI is InChI=1S/C12H18N6O/c1-3-5-18(4-2)11-8-7-14-10(15-12(13)19)6-9(8)16-17-11/h6-7H,3-5H2,1-2H3,(H,16,17)(H3,13,14,15,19). The summed E-state index contributed by atoms with van der Waals surface area (Å²) in [4.78, 5) is 17.1. The maximum atomic E-state index is 10.8. The number of nitrogens with two attached hydrogens (primary N) is 1. The lowest BCUT2D eigenvalue weighted by atomic mass is 10.3. The monoisotopic (exact) mass is 262 g/mol. The van der Waals surface area contributed by atoms with Gasteiger partial charge >= 0.3 is 6.03 Å². The van der Waals surface area contributed by atoms with E-state index in [9.17, 15) is 4.79 Å². The molecule has 0 aliphatic rings. The van der Waals surface area contributed by atoms with Crippen LogP contribution < -0.4 is 16.0 Å². The Morgan fingerprint density at radius 3 is 2.95 bits per heavy atom. The zero-order valence-electron chi connectivity index (χ0n) is 11.1. The van der Waals surface area contributed by atoms with E-state index >= 15 is 0 Å². The van der Waals surface area contributed by atoms with Crippen molar-refractivity contribution in [3.8, 4) is 0 Å². The van der Waals surface area contributed by atoms with E-state index in [-0.39, 0.29) is 0 Å². The summed E-state index contributed by atoms with van der Waals surface area (Å²) in [6, 6.07) is 1.09. The number of rotatable bonds is 5. The molecule has 0 spiro atoms. The van der Waals surface area contributed by atoms with Gasteiger partial charge in [0.1, 0.15) is 5.82 Å². The summed E-state index contributed by atoms with van der Waals surface area (Å²) in [6.45, 7) is 6.05. The van der Waals surface area contributed by atoms with Gasteiger partial charge in [-0.3, -0.25) is 10.4 Å². The van der Waals surface area contributed by atoms with Gasteiger partial charge in [0, 0.05) is 25.4 Å². The Kier molecular flexibility index (Phi) is 3.84. The maximum Gasteiger partial charge on any atom is 0.317 e. The Balaban J connectivity index is 2.35. The molecule has 4 N–H and O–H groups in total. The molecule has 7 nitrogen and oxygen atoms in total. The third-order valence-corrected chi connectivity index (χ3v) is 2.85. The number of carbonyl (C=O) groups excluding carboxylic acids is 1. The topological polar surface area (TPSA) is 99.9 Å². The van der Waals surface area contributed by atoms with E-state index in [0.29, 0.717) is 5.82 Å². The summed E-state index contributed by atoms with van der Waals surface area (Å²) >= 11 is 0. The van der Waals surface area contributed by atoms with Crippen molar-refractivity contribution in [2.75, 3.05) is 23.3 Å². The minimum absolute atomic E-state index is 0.411. The van der Waals surface area contributed by atoms with Crippen LogP contribution >= 0.6 is 0 Å². The molecule has 2 rings (SSSR count). The fraction of sp³-hybridized carbons (Fsp3) is 0.417. The first-order valence-corrected chi connectivity index (χ1v) is 6.31. The van der Waals surface area contributed by atoms with Crippen LogP contribution in [0.2, 0.25) is 0 Å². The lowest BCUT2D eigenvalue weighted by Crippen LogP contribution is -2.24. The molecule has 2 aromatic rings. The number of hydrogen-bond acceptors (Lipinski definition) is 4. The molecule has 0 aromatic carbocycles. The molecule has 2 amide bonds. The van der Waals surface area contributed by atoms with Crippen LogP contribution in [0.15, 0.2) is 12.3 Å². The molecule has 0 bridgehead atoms. The number of aromatic nitrogens is 3. The van der Waals surface area contributed by atoms with Gasteiger partial charge in [0.15, 0.2) is 5.82 Å². The molecule has 0 aliphatic carbocycles. The van der Waals surface area contributed by atoms with Crippen LogP contribution in [0.5, 0.6) is 0 Å². The minimum Gasteiger partial charge on any atom is -0.355 e. The number of fused-ring (bicyclic) bond motifs is 1. The quantitative estimate of drug-likeness (QED) is 0.763. The lowest BCUT2D eigenvalue weighted by Gasteiger charge is -2.19. The number of anilines is 2. The fourth-order valence-corrected chi connectivity index (χ4v) is 2.02. The molecule has 0 atom stereocenters. The Bertz CT molecular complexity index is 579. The molecule has 102 valence electrons. The van der Waals surface area contributed by atoms with Gasteiger partial charge in [-0.05, 0) is 13.3 Å². The largest absolute Gasteiger partial charge is 0.355 e. The highest BCUT2D eigenvalue weighted by Crippen LogP contribution is 2.24. The zero-order valence-corrected chi connectivity index (χ0v) is 11.1. The average molecular weight is 262 g/mol. The molecule has 0 aliphatic heterocycles. The number of nitrogens with zero attached hydrogens (tertiary/aromatic N) is 3. The predicted molar refractivity (Wildman–Crippen MR) is 75.3 cm³/mol. The second-order valence-electron chi connectivity index (χ2n) is 4.23. The van der Waals surface area contributed by atoms with Crippen LogP contribution in [-0.4, -0.2) is 34.3 Å². The van der Waals surface area contributed by atoms with Crippen molar-refractivity contribution in [1.29, 1.82) is 0 Å². The summed E-state index contributed by atoms with van der Waals surface area (Å²) in [5.74, 6) is 1.30. The molecular formula is C12H18N6O.